The van der Waals surface area contributed by atoms with E-state index in [2.05, 4.69) is 192 Å². The van der Waals surface area contributed by atoms with Crippen molar-refractivity contribution in [2.75, 3.05) is 5.32 Å². The maximum atomic E-state index is 6.93. The van der Waals surface area contributed by atoms with Crippen molar-refractivity contribution in [3.63, 3.8) is 0 Å². The zero-order valence-corrected chi connectivity index (χ0v) is 39.3. The molecule has 5 heterocycles. The van der Waals surface area contributed by atoms with Gasteiger partial charge in [0.1, 0.15) is 22.3 Å². The number of benzene rings is 8. The van der Waals surface area contributed by atoms with Crippen LogP contribution in [0.1, 0.15) is 78.0 Å². The van der Waals surface area contributed by atoms with Crippen LogP contribution in [0.15, 0.2) is 142 Å². The molecule has 6 heteroatoms. The number of thiophene rings is 1. The second-order valence-corrected chi connectivity index (χ2v) is 22.7. The Bertz CT molecular complexity index is 4090. The van der Waals surface area contributed by atoms with Gasteiger partial charge in [-0.05, 0) is 117 Å². The molecule has 0 fully saturated rings. The van der Waals surface area contributed by atoms with Crippen molar-refractivity contribution in [3.8, 4) is 16.8 Å². The van der Waals surface area contributed by atoms with Crippen LogP contribution in [0.4, 0.5) is 11.4 Å². The van der Waals surface area contributed by atoms with Gasteiger partial charge in [0.2, 0.25) is 0 Å². The van der Waals surface area contributed by atoms with Gasteiger partial charge in [-0.2, -0.15) is 0 Å². The summed E-state index contributed by atoms with van der Waals surface area (Å²) in [5.41, 5.74) is 18.9. The molecule has 12 aromatic rings. The van der Waals surface area contributed by atoms with Gasteiger partial charge in [-0.1, -0.05) is 121 Å². The van der Waals surface area contributed by atoms with Gasteiger partial charge in [-0.15, -0.1) is 11.3 Å². The fourth-order valence-corrected chi connectivity index (χ4v) is 13.0. The molecule has 0 saturated carbocycles. The highest BCUT2D eigenvalue weighted by Gasteiger charge is 2.38. The van der Waals surface area contributed by atoms with E-state index in [1.165, 1.54) is 91.8 Å². The predicted octanol–water partition coefficient (Wildman–Crippen LogP) is 15.7. The Kier molecular flexibility index (Phi) is 7.58. The normalized spacial score (nSPS) is 15.4. The van der Waals surface area contributed by atoms with E-state index in [4.69, 9.17) is 8.83 Å². The topological polar surface area (TPSA) is 43.2 Å². The Morgan fingerprint density at radius 1 is 0.561 bits per heavy atom. The monoisotopic (exact) mass is 872 g/mol. The third-order valence-corrected chi connectivity index (χ3v) is 16.8. The third-order valence-electron chi connectivity index (χ3n) is 15.6. The Labute approximate surface area is 388 Å². The molecule has 320 valence electrons. The van der Waals surface area contributed by atoms with Crippen molar-refractivity contribution in [2.24, 2.45) is 0 Å². The highest BCUT2D eigenvalue weighted by Crippen LogP contribution is 2.50. The van der Waals surface area contributed by atoms with Gasteiger partial charge < -0.3 is 18.7 Å². The van der Waals surface area contributed by atoms with Crippen LogP contribution in [0, 0.1) is 0 Å². The van der Waals surface area contributed by atoms with E-state index in [0.717, 1.165) is 70.0 Å². The number of hydrogen-bond acceptors (Lipinski definition) is 4. The van der Waals surface area contributed by atoms with Crippen LogP contribution in [0.25, 0.3) is 103 Å². The third kappa shape index (κ3) is 5.39. The molecule has 0 spiro atoms. The van der Waals surface area contributed by atoms with E-state index < -0.39 is 0 Å². The number of rotatable bonds is 3. The quantitative estimate of drug-likeness (QED) is 0.180. The first-order chi connectivity index (χ1) is 31.8. The van der Waals surface area contributed by atoms with E-state index in [-0.39, 0.29) is 16.2 Å². The Morgan fingerprint density at radius 3 is 2.05 bits per heavy atom. The summed E-state index contributed by atoms with van der Waals surface area (Å²) in [5.74, 6) is 0. The van der Waals surface area contributed by atoms with Crippen molar-refractivity contribution >= 4 is 127 Å². The van der Waals surface area contributed by atoms with Crippen molar-refractivity contribution in [1.29, 1.82) is 0 Å². The summed E-state index contributed by atoms with van der Waals surface area (Å²) < 4.78 is 18.7. The van der Waals surface area contributed by atoms with Crippen LogP contribution in [0.3, 0.4) is 0 Å². The lowest BCUT2D eigenvalue weighted by Gasteiger charge is -2.41. The molecule has 0 saturated heterocycles. The molecule has 4 nitrogen and oxygen atoms in total. The first-order valence-electron chi connectivity index (χ1n) is 23.6. The number of fused-ring (bicyclic) bond motifs is 15. The number of anilines is 2. The van der Waals surface area contributed by atoms with E-state index in [1.54, 1.807) is 0 Å². The number of aromatic nitrogens is 1. The zero-order valence-electron chi connectivity index (χ0n) is 38.5. The number of hydrogen-bond donors (Lipinski definition) is 1. The van der Waals surface area contributed by atoms with Crippen LogP contribution in [0.2, 0.25) is 0 Å². The molecule has 2 aliphatic rings. The van der Waals surface area contributed by atoms with Gasteiger partial charge in [0.15, 0.2) is 7.28 Å². The average molecular weight is 873 g/mol. The lowest BCUT2D eigenvalue weighted by molar-refractivity contribution is 0.332. The van der Waals surface area contributed by atoms with Crippen molar-refractivity contribution in [2.45, 2.75) is 77.6 Å². The maximum absolute atomic E-state index is 6.93. The first-order valence-corrected chi connectivity index (χ1v) is 24.4. The lowest BCUT2D eigenvalue weighted by Crippen LogP contribution is -2.37. The van der Waals surface area contributed by atoms with Crippen molar-refractivity contribution < 1.29 is 8.83 Å². The number of nitrogens with zero attached hydrogens (tertiary/aromatic N) is 1. The molecular formula is C60H49BN2O2S. The van der Waals surface area contributed by atoms with Crippen molar-refractivity contribution in [3.05, 3.63) is 150 Å². The number of para-hydroxylation sites is 1. The molecule has 1 aliphatic carbocycles. The van der Waals surface area contributed by atoms with Crippen LogP contribution in [-0.2, 0) is 16.2 Å². The highest BCUT2D eigenvalue weighted by molar-refractivity contribution is 7.25. The van der Waals surface area contributed by atoms with Crippen LogP contribution >= 0.6 is 11.3 Å². The molecule has 0 amide bonds. The lowest BCUT2D eigenvalue weighted by atomic mass is 9.59. The summed E-state index contributed by atoms with van der Waals surface area (Å²) in [5, 5.41) is 13.7. The van der Waals surface area contributed by atoms with Gasteiger partial charge >= 0.3 is 0 Å². The Balaban J connectivity index is 1.07. The molecule has 8 aromatic carbocycles. The fourth-order valence-electron chi connectivity index (χ4n) is 11.8. The minimum Gasteiger partial charge on any atom is -0.456 e. The molecule has 14 rings (SSSR count). The summed E-state index contributed by atoms with van der Waals surface area (Å²) in [6.07, 6.45) is 2.32. The van der Waals surface area contributed by atoms with Crippen LogP contribution in [-0.4, -0.2) is 11.8 Å². The minimum atomic E-state index is 0.0581. The molecule has 1 aliphatic heterocycles. The van der Waals surface area contributed by atoms with E-state index in [0.29, 0.717) is 0 Å². The second-order valence-electron chi connectivity index (χ2n) is 21.6. The van der Waals surface area contributed by atoms with Crippen molar-refractivity contribution in [1.82, 2.24) is 4.57 Å². The van der Waals surface area contributed by atoms with E-state index in [9.17, 15) is 0 Å². The first kappa shape index (κ1) is 38.5. The average Bonchev–Trinajstić information content (AvgIpc) is 4.05. The standard InChI is InChI=1S/C60H49BN2O2S/c1-58(2,3)32-16-18-33(19-17-32)62-47-29-52-41(42-26-44-45(28-51(42)65-52)60(6,7)23-22-59(44,4)5)24-38(47)36-20-21-37-39-25-40-34-12-8-10-14-50(34)64-53(40)30-48(39)63-49-31-55-43(27-46(49)61-56(36)57(37)63)35-13-9-11-15-54(35)66-55/h8-21,24-31,61-62H,22-23H2,1-7H3. The molecule has 1 N–H and O–H groups in total. The van der Waals surface area contributed by atoms with Gasteiger partial charge in [-0.3, -0.25) is 0 Å². The summed E-state index contributed by atoms with van der Waals surface area (Å²) in [7, 11) is 0.804. The predicted molar refractivity (Wildman–Crippen MR) is 284 cm³/mol. The smallest absolute Gasteiger partial charge is 0.198 e. The van der Waals surface area contributed by atoms with Crippen LogP contribution in [0.5, 0.6) is 0 Å². The second kappa shape index (κ2) is 13.0. The largest absolute Gasteiger partial charge is 0.456 e. The zero-order chi connectivity index (χ0) is 44.6. The summed E-state index contributed by atoms with van der Waals surface area (Å²) in [6.45, 7) is 16.4. The summed E-state index contributed by atoms with van der Waals surface area (Å²) in [6, 6.07) is 50.2. The molecule has 0 bridgehead atoms. The molecule has 66 heavy (non-hydrogen) atoms. The van der Waals surface area contributed by atoms with Gasteiger partial charge in [0, 0.05) is 81.7 Å². The maximum Gasteiger partial charge on any atom is 0.198 e. The molecule has 0 atom stereocenters. The summed E-state index contributed by atoms with van der Waals surface area (Å²) in [4.78, 5) is 0. The van der Waals surface area contributed by atoms with Gasteiger partial charge in [0.25, 0.3) is 0 Å². The highest BCUT2D eigenvalue weighted by atomic mass is 32.1. The number of nitrogens with one attached hydrogen (secondary N) is 1. The molecular weight excluding hydrogens is 824 g/mol. The molecule has 0 unspecified atom stereocenters. The van der Waals surface area contributed by atoms with Crippen LogP contribution < -0.4 is 16.2 Å². The minimum absolute atomic E-state index is 0.0581. The molecule has 0 radical (unpaired) electrons. The van der Waals surface area contributed by atoms with Gasteiger partial charge in [0.05, 0.1) is 11.2 Å². The van der Waals surface area contributed by atoms with Gasteiger partial charge in [-0.25, -0.2) is 0 Å². The van der Waals surface area contributed by atoms with E-state index in [1.807, 2.05) is 11.3 Å². The number of furan rings is 2. The summed E-state index contributed by atoms with van der Waals surface area (Å²) >= 11 is 1.89. The Morgan fingerprint density at radius 2 is 1.24 bits per heavy atom. The SMILES string of the molecule is CC(C)(C)c1ccc(Nc2cc3oc4cc5c(cc4c3cc2-c2ccc3c4cc6c(cc4n4c3c2Bc2cc3c(cc2-4)sc2ccccc23)oc2ccccc26)C(C)(C)CCC5(C)C)cc1. The van der Waals surface area contributed by atoms with E-state index >= 15 is 0 Å². The Hall–Kier alpha value is -6.76. The fraction of sp³-hybridized carbons (Fsp3) is 0.200. The molecule has 4 aromatic heterocycles.